The Bertz CT molecular complexity index is 465. The SMILES string of the molecule is O=[N+]([O-])c1ccc(SCc2cccs2)cc1. The van der Waals surface area contributed by atoms with Crippen LogP contribution in [-0.4, -0.2) is 4.92 Å². The highest BCUT2D eigenvalue weighted by Crippen LogP contribution is 2.26. The number of rotatable bonds is 4. The number of benzene rings is 1. The summed E-state index contributed by atoms with van der Waals surface area (Å²) in [6.45, 7) is 0. The van der Waals surface area contributed by atoms with E-state index in [-0.39, 0.29) is 10.6 Å². The molecule has 2 rings (SSSR count). The molecule has 0 aliphatic carbocycles. The van der Waals surface area contributed by atoms with Crippen LogP contribution in [0.15, 0.2) is 46.7 Å². The molecule has 5 heteroatoms. The van der Waals surface area contributed by atoms with E-state index in [0.29, 0.717) is 0 Å². The van der Waals surface area contributed by atoms with E-state index >= 15 is 0 Å². The molecule has 0 atom stereocenters. The number of thioether (sulfide) groups is 1. The Morgan fingerprint density at radius 2 is 2.00 bits per heavy atom. The van der Waals surface area contributed by atoms with Crippen LogP contribution in [-0.2, 0) is 5.75 Å². The summed E-state index contributed by atoms with van der Waals surface area (Å²) in [5, 5.41) is 12.5. The third kappa shape index (κ3) is 2.84. The molecule has 16 heavy (non-hydrogen) atoms. The van der Waals surface area contributed by atoms with Crippen LogP contribution in [0.3, 0.4) is 0 Å². The lowest BCUT2D eigenvalue weighted by atomic mass is 10.3. The highest BCUT2D eigenvalue weighted by molar-refractivity contribution is 7.98. The Balaban J connectivity index is 1.98. The maximum atomic E-state index is 10.5. The van der Waals surface area contributed by atoms with E-state index in [1.807, 2.05) is 11.4 Å². The van der Waals surface area contributed by atoms with Gasteiger partial charge in [0.15, 0.2) is 0 Å². The van der Waals surface area contributed by atoms with Crippen LogP contribution >= 0.6 is 23.1 Å². The Morgan fingerprint density at radius 1 is 1.25 bits per heavy atom. The van der Waals surface area contributed by atoms with Gasteiger partial charge in [-0.25, -0.2) is 0 Å². The lowest BCUT2D eigenvalue weighted by Crippen LogP contribution is -1.86. The molecule has 0 saturated heterocycles. The molecule has 3 nitrogen and oxygen atoms in total. The van der Waals surface area contributed by atoms with Crippen molar-refractivity contribution in [2.75, 3.05) is 0 Å². The highest BCUT2D eigenvalue weighted by Gasteiger charge is 2.04. The van der Waals surface area contributed by atoms with Crippen molar-refractivity contribution in [3.8, 4) is 0 Å². The number of nitrogens with zero attached hydrogens (tertiary/aromatic N) is 1. The third-order valence-corrected chi connectivity index (χ3v) is 4.13. The monoisotopic (exact) mass is 251 g/mol. The smallest absolute Gasteiger partial charge is 0.258 e. The van der Waals surface area contributed by atoms with Gasteiger partial charge in [0.2, 0.25) is 0 Å². The Labute approximate surface area is 101 Å². The number of hydrogen-bond acceptors (Lipinski definition) is 4. The van der Waals surface area contributed by atoms with E-state index in [2.05, 4.69) is 6.07 Å². The standard InChI is InChI=1S/C11H9NO2S2/c13-12(14)9-3-5-10(6-4-9)16-8-11-2-1-7-15-11/h1-7H,8H2. The molecule has 1 aromatic carbocycles. The molecule has 0 unspecified atom stereocenters. The van der Waals surface area contributed by atoms with Gasteiger partial charge in [0, 0.05) is 27.7 Å². The van der Waals surface area contributed by atoms with E-state index in [1.165, 1.54) is 17.0 Å². The summed E-state index contributed by atoms with van der Waals surface area (Å²) in [7, 11) is 0. The van der Waals surface area contributed by atoms with Crippen molar-refractivity contribution in [2.45, 2.75) is 10.6 Å². The van der Waals surface area contributed by atoms with Gasteiger partial charge in [-0.15, -0.1) is 23.1 Å². The second kappa shape index (κ2) is 5.14. The van der Waals surface area contributed by atoms with E-state index < -0.39 is 0 Å². The molecule has 1 heterocycles. The van der Waals surface area contributed by atoms with E-state index in [0.717, 1.165) is 10.6 Å². The zero-order valence-electron chi connectivity index (χ0n) is 8.33. The summed E-state index contributed by atoms with van der Waals surface area (Å²) >= 11 is 3.41. The summed E-state index contributed by atoms with van der Waals surface area (Å²) in [5.74, 6) is 0.912. The molecule has 0 amide bonds. The maximum Gasteiger partial charge on any atom is 0.269 e. The van der Waals surface area contributed by atoms with Gasteiger partial charge in [0.1, 0.15) is 0 Å². The molecule has 0 radical (unpaired) electrons. The van der Waals surface area contributed by atoms with Gasteiger partial charge in [0.25, 0.3) is 5.69 Å². The summed E-state index contributed by atoms with van der Waals surface area (Å²) in [4.78, 5) is 12.4. The molecule has 0 spiro atoms. The first-order valence-electron chi connectivity index (χ1n) is 4.65. The fraction of sp³-hybridized carbons (Fsp3) is 0.0909. The molecule has 1 aromatic heterocycles. The minimum atomic E-state index is -0.381. The number of thiophene rings is 1. The second-order valence-corrected chi connectivity index (χ2v) is 5.20. The van der Waals surface area contributed by atoms with Crippen LogP contribution in [0.25, 0.3) is 0 Å². The number of nitro benzene ring substituents is 1. The zero-order valence-corrected chi connectivity index (χ0v) is 9.96. The lowest BCUT2D eigenvalue weighted by molar-refractivity contribution is -0.384. The number of nitro groups is 1. The fourth-order valence-electron chi connectivity index (χ4n) is 1.21. The van der Waals surface area contributed by atoms with Gasteiger partial charge in [-0.05, 0) is 23.6 Å². The molecular formula is C11H9NO2S2. The van der Waals surface area contributed by atoms with Gasteiger partial charge in [-0.3, -0.25) is 10.1 Å². The first-order valence-corrected chi connectivity index (χ1v) is 6.52. The fourth-order valence-corrected chi connectivity index (χ4v) is 2.88. The summed E-state index contributed by atoms with van der Waals surface area (Å²) < 4.78 is 0. The van der Waals surface area contributed by atoms with Gasteiger partial charge in [0.05, 0.1) is 4.92 Å². The Hall–Kier alpha value is -1.33. The van der Waals surface area contributed by atoms with Crippen molar-refractivity contribution < 1.29 is 4.92 Å². The van der Waals surface area contributed by atoms with Crippen molar-refractivity contribution in [3.63, 3.8) is 0 Å². The summed E-state index contributed by atoms with van der Waals surface area (Å²) in [6.07, 6.45) is 0. The Kier molecular flexibility index (Phi) is 3.58. The lowest BCUT2D eigenvalue weighted by Gasteiger charge is -1.99. The normalized spacial score (nSPS) is 10.2. The number of hydrogen-bond donors (Lipinski definition) is 0. The van der Waals surface area contributed by atoms with Gasteiger partial charge in [-0.2, -0.15) is 0 Å². The quantitative estimate of drug-likeness (QED) is 0.469. The third-order valence-electron chi connectivity index (χ3n) is 2.01. The van der Waals surface area contributed by atoms with Crippen molar-refractivity contribution in [2.24, 2.45) is 0 Å². The first kappa shape index (κ1) is 11.2. The molecule has 0 N–H and O–H groups in total. The maximum absolute atomic E-state index is 10.5. The predicted octanol–water partition coefficient (Wildman–Crippen LogP) is 3.95. The molecule has 2 aromatic rings. The second-order valence-electron chi connectivity index (χ2n) is 3.12. The number of non-ortho nitro benzene ring substituents is 1. The van der Waals surface area contributed by atoms with Crippen LogP contribution in [0.4, 0.5) is 5.69 Å². The van der Waals surface area contributed by atoms with Crippen molar-refractivity contribution >= 4 is 28.8 Å². The molecule has 0 aliphatic rings. The average molecular weight is 251 g/mol. The van der Waals surface area contributed by atoms with Crippen LogP contribution < -0.4 is 0 Å². The van der Waals surface area contributed by atoms with Crippen molar-refractivity contribution in [1.29, 1.82) is 0 Å². The van der Waals surface area contributed by atoms with Crippen LogP contribution in [0, 0.1) is 10.1 Å². The molecule has 0 aliphatic heterocycles. The van der Waals surface area contributed by atoms with Gasteiger partial charge < -0.3 is 0 Å². The van der Waals surface area contributed by atoms with E-state index in [1.54, 1.807) is 35.2 Å². The molecular weight excluding hydrogens is 242 g/mol. The predicted molar refractivity (Wildman–Crippen MR) is 67.0 cm³/mol. The topological polar surface area (TPSA) is 43.1 Å². The molecule has 82 valence electrons. The highest BCUT2D eigenvalue weighted by atomic mass is 32.2. The summed E-state index contributed by atoms with van der Waals surface area (Å²) in [5.41, 5.74) is 0.139. The van der Waals surface area contributed by atoms with Crippen LogP contribution in [0.1, 0.15) is 4.88 Å². The van der Waals surface area contributed by atoms with Gasteiger partial charge >= 0.3 is 0 Å². The molecule has 0 bridgehead atoms. The van der Waals surface area contributed by atoms with Crippen molar-refractivity contribution in [1.82, 2.24) is 0 Å². The summed E-state index contributed by atoms with van der Waals surface area (Å²) in [6, 6.07) is 10.8. The van der Waals surface area contributed by atoms with Crippen LogP contribution in [0.2, 0.25) is 0 Å². The Morgan fingerprint density at radius 3 is 2.56 bits per heavy atom. The van der Waals surface area contributed by atoms with E-state index in [9.17, 15) is 10.1 Å². The largest absolute Gasteiger partial charge is 0.269 e. The minimum absolute atomic E-state index is 0.139. The van der Waals surface area contributed by atoms with Crippen LogP contribution in [0.5, 0.6) is 0 Å². The minimum Gasteiger partial charge on any atom is -0.258 e. The van der Waals surface area contributed by atoms with E-state index in [4.69, 9.17) is 0 Å². The molecule has 0 fully saturated rings. The average Bonchev–Trinajstić information content (AvgIpc) is 2.80. The van der Waals surface area contributed by atoms with Gasteiger partial charge in [-0.1, -0.05) is 6.07 Å². The van der Waals surface area contributed by atoms with Crippen molar-refractivity contribution in [3.05, 3.63) is 56.8 Å². The first-order chi connectivity index (χ1) is 7.75. The molecule has 0 saturated carbocycles. The zero-order chi connectivity index (χ0) is 11.4.